The highest BCUT2D eigenvalue weighted by Crippen LogP contribution is 2.15. The number of nitrogens with one attached hydrogen (secondary N) is 1. The summed E-state index contributed by atoms with van der Waals surface area (Å²) in [5.41, 5.74) is 0. The largest absolute Gasteiger partial charge is 0.396 e. The lowest BCUT2D eigenvalue weighted by molar-refractivity contribution is 0.0656. The van der Waals surface area contributed by atoms with Crippen molar-refractivity contribution in [1.29, 1.82) is 0 Å². The molecule has 1 heterocycles. The summed E-state index contributed by atoms with van der Waals surface area (Å²) in [5, 5.41) is 12.1. The Balaban J connectivity index is 2.52. The Labute approximate surface area is 117 Å². The van der Waals surface area contributed by atoms with Gasteiger partial charge in [0.1, 0.15) is 0 Å². The number of aliphatic hydroxyl groups is 1. The van der Waals surface area contributed by atoms with Gasteiger partial charge in [-0.3, -0.25) is 4.90 Å². The van der Waals surface area contributed by atoms with Gasteiger partial charge in [-0.1, -0.05) is 20.8 Å². The number of hydrogen-bond donors (Lipinski definition) is 2. The second kappa shape index (κ2) is 8.38. The molecule has 1 saturated heterocycles. The smallest absolute Gasteiger partial charge is 0.317 e. The van der Waals surface area contributed by atoms with E-state index in [1.807, 2.05) is 4.90 Å². The first-order valence-electron chi connectivity index (χ1n) is 7.46. The monoisotopic (exact) mass is 271 g/mol. The third-order valence-electron chi connectivity index (χ3n) is 3.48. The summed E-state index contributed by atoms with van der Waals surface area (Å²) in [6, 6.07) is 0.322. The van der Waals surface area contributed by atoms with Crippen molar-refractivity contribution in [2.24, 2.45) is 5.92 Å². The van der Waals surface area contributed by atoms with Gasteiger partial charge in [-0.25, -0.2) is 4.79 Å². The molecule has 1 aliphatic heterocycles. The number of hydrogen-bond acceptors (Lipinski definition) is 3. The van der Waals surface area contributed by atoms with E-state index < -0.39 is 0 Å². The fraction of sp³-hybridized carbons (Fsp3) is 0.929. The maximum Gasteiger partial charge on any atom is 0.317 e. The molecule has 1 atom stereocenters. The van der Waals surface area contributed by atoms with Crippen LogP contribution in [0.1, 0.15) is 33.6 Å². The third-order valence-corrected chi connectivity index (χ3v) is 3.48. The number of aliphatic hydroxyl groups excluding tert-OH is 1. The maximum absolute atomic E-state index is 12.0. The highest BCUT2D eigenvalue weighted by molar-refractivity contribution is 5.74. The molecule has 0 aromatic rings. The van der Waals surface area contributed by atoms with E-state index in [2.05, 4.69) is 31.0 Å². The van der Waals surface area contributed by atoms with Gasteiger partial charge in [-0.15, -0.1) is 0 Å². The van der Waals surface area contributed by atoms with Crippen molar-refractivity contribution < 1.29 is 9.90 Å². The highest BCUT2D eigenvalue weighted by atomic mass is 16.3. The van der Waals surface area contributed by atoms with E-state index in [4.69, 9.17) is 0 Å². The molecule has 5 heteroatoms. The molecule has 0 aliphatic carbocycles. The second-order valence-electron chi connectivity index (χ2n) is 5.73. The number of piperazine rings is 1. The third kappa shape index (κ3) is 5.37. The van der Waals surface area contributed by atoms with Crippen LogP contribution in [-0.4, -0.2) is 66.3 Å². The number of amides is 2. The zero-order valence-corrected chi connectivity index (χ0v) is 12.6. The van der Waals surface area contributed by atoms with Gasteiger partial charge in [0.15, 0.2) is 0 Å². The lowest BCUT2D eigenvalue weighted by atomic mass is 10.1. The summed E-state index contributed by atoms with van der Waals surface area (Å²) >= 11 is 0. The Kier molecular flexibility index (Phi) is 7.16. The number of urea groups is 1. The summed E-state index contributed by atoms with van der Waals surface area (Å²) < 4.78 is 0. The highest BCUT2D eigenvalue weighted by Gasteiger charge is 2.29. The molecule has 5 nitrogen and oxygen atoms in total. The van der Waals surface area contributed by atoms with Crippen LogP contribution in [0.25, 0.3) is 0 Å². The van der Waals surface area contributed by atoms with E-state index in [9.17, 15) is 9.90 Å². The van der Waals surface area contributed by atoms with E-state index in [1.165, 1.54) is 0 Å². The molecule has 1 unspecified atom stereocenters. The van der Waals surface area contributed by atoms with Gasteiger partial charge < -0.3 is 15.3 Å². The normalized spacial score (nSPS) is 20.9. The lowest BCUT2D eigenvalue weighted by Gasteiger charge is -2.42. The van der Waals surface area contributed by atoms with Crippen molar-refractivity contribution in [3.8, 4) is 0 Å². The molecule has 2 amide bonds. The summed E-state index contributed by atoms with van der Waals surface area (Å²) in [6.45, 7) is 10.8. The Hall–Kier alpha value is -0.810. The molecule has 0 aromatic carbocycles. The zero-order chi connectivity index (χ0) is 14.3. The first-order valence-corrected chi connectivity index (χ1v) is 7.46. The van der Waals surface area contributed by atoms with Gasteiger partial charge in [-0.2, -0.15) is 0 Å². The van der Waals surface area contributed by atoms with Crippen molar-refractivity contribution in [2.75, 3.05) is 39.3 Å². The quantitative estimate of drug-likeness (QED) is 0.761. The molecular formula is C14H29N3O2. The molecule has 19 heavy (non-hydrogen) atoms. The van der Waals surface area contributed by atoms with E-state index in [1.54, 1.807) is 0 Å². The van der Waals surface area contributed by atoms with E-state index in [-0.39, 0.29) is 18.7 Å². The molecule has 0 bridgehead atoms. The van der Waals surface area contributed by atoms with Gasteiger partial charge in [0, 0.05) is 45.4 Å². The van der Waals surface area contributed by atoms with Gasteiger partial charge in [0.25, 0.3) is 0 Å². The fourth-order valence-corrected chi connectivity index (χ4v) is 2.55. The van der Waals surface area contributed by atoms with Gasteiger partial charge in [-0.05, 0) is 18.8 Å². The van der Waals surface area contributed by atoms with Crippen molar-refractivity contribution in [3.63, 3.8) is 0 Å². The standard InChI is InChI=1S/C14H29N3O2/c1-4-6-15-14(19)17-8-7-16(10-12(2)3)13(11-17)5-9-18/h12-13,18H,4-11H2,1-3H3,(H,15,19). The SMILES string of the molecule is CCCNC(=O)N1CCN(CC(C)C)C(CCO)C1. The van der Waals surface area contributed by atoms with Crippen LogP contribution >= 0.6 is 0 Å². The van der Waals surface area contributed by atoms with Crippen LogP contribution in [-0.2, 0) is 0 Å². The Morgan fingerprint density at radius 2 is 2.16 bits per heavy atom. The molecular weight excluding hydrogens is 242 g/mol. The molecule has 2 N–H and O–H groups in total. The van der Waals surface area contributed by atoms with E-state index in [0.717, 1.165) is 45.6 Å². The van der Waals surface area contributed by atoms with Crippen molar-refractivity contribution in [1.82, 2.24) is 15.1 Å². The molecule has 0 saturated carbocycles. The Bertz CT molecular complexity index is 271. The molecule has 0 aromatic heterocycles. The summed E-state index contributed by atoms with van der Waals surface area (Å²) in [6.07, 6.45) is 1.70. The van der Waals surface area contributed by atoms with Crippen molar-refractivity contribution in [2.45, 2.75) is 39.7 Å². The molecule has 112 valence electrons. The molecule has 0 spiro atoms. The first kappa shape index (κ1) is 16.2. The molecule has 1 fully saturated rings. The second-order valence-corrected chi connectivity index (χ2v) is 5.73. The van der Waals surface area contributed by atoms with Crippen LogP contribution in [0, 0.1) is 5.92 Å². The van der Waals surface area contributed by atoms with Crippen LogP contribution in [0.5, 0.6) is 0 Å². The minimum absolute atomic E-state index is 0.0361. The predicted octanol–water partition coefficient (Wildman–Crippen LogP) is 1.13. The number of rotatable bonds is 6. The first-order chi connectivity index (χ1) is 9.08. The van der Waals surface area contributed by atoms with Crippen LogP contribution < -0.4 is 5.32 Å². The van der Waals surface area contributed by atoms with Crippen molar-refractivity contribution in [3.05, 3.63) is 0 Å². The summed E-state index contributed by atoms with van der Waals surface area (Å²) in [5.74, 6) is 0.613. The minimum atomic E-state index is 0.0361. The average molecular weight is 271 g/mol. The van der Waals surface area contributed by atoms with Gasteiger partial charge in [0.05, 0.1) is 0 Å². The summed E-state index contributed by atoms with van der Waals surface area (Å²) in [7, 11) is 0. The van der Waals surface area contributed by atoms with E-state index in [0.29, 0.717) is 5.92 Å². The van der Waals surface area contributed by atoms with Crippen LogP contribution in [0.15, 0.2) is 0 Å². The summed E-state index contributed by atoms with van der Waals surface area (Å²) in [4.78, 5) is 16.3. The van der Waals surface area contributed by atoms with Gasteiger partial charge >= 0.3 is 6.03 Å². The number of carbonyl (C=O) groups is 1. The fourth-order valence-electron chi connectivity index (χ4n) is 2.55. The van der Waals surface area contributed by atoms with E-state index >= 15 is 0 Å². The molecule has 0 radical (unpaired) electrons. The Morgan fingerprint density at radius 3 is 2.74 bits per heavy atom. The number of carbonyl (C=O) groups excluding carboxylic acids is 1. The predicted molar refractivity (Wildman–Crippen MR) is 77.2 cm³/mol. The number of nitrogens with zero attached hydrogens (tertiary/aromatic N) is 2. The maximum atomic E-state index is 12.0. The minimum Gasteiger partial charge on any atom is -0.396 e. The molecule has 1 rings (SSSR count). The lowest BCUT2D eigenvalue weighted by Crippen LogP contribution is -2.57. The Morgan fingerprint density at radius 1 is 1.42 bits per heavy atom. The van der Waals surface area contributed by atoms with Gasteiger partial charge in [0.2, 0.25) is 0 Å². The average Bonchev–Trinajstić information content (AvgIpc) is 2.37. The van der Waals surface area contributed by atoms with Crippen molar-refractivity contribution >= 4 is 6.03 Å². The zero-order valence-electron chi connectivity index (χ0n) is 12.6. The molecule has 1 aliphatic rings. The van der Waals surface area contributed by atoms with Crippen LogP contribution in [0.4, 0.5) is 4.79 Å². The van der Waals surface area contributed by atoms with Crippen LogP contribution in [0.3, 0.4) is 0 Å². The topological polar surface area (TPSA) is 55.8 Å². The van der Waals surface area contributed by atoms with Crippen LogP contribution in [0.2, 0.25) is 0 Å².